The molecule has 146 valence electrons. The molecule has 0 unspecified atom stereocenters. The minimum absolute atomic E-state index is 0.365. The van der Waals surface area contributed by atoms with Gasteiger partial charge in [0, 0.05) is 25.1 Å². The predicted octanol–water partition coefficient (Wildman–Crippen LogP) is 2.20. The van der Waals surface area contributed by atoms with Crippen LogP contribution in [0.25, 0.3) is 5.82 Å². The Hall–Kier alpha value is -3.55. The van der Waals surface area contributed by atoms with E-state index in [1.807, 2.05) is 48.0 Å². The first-order valence-electron chi connectivity index (χ1n) is 8.80. The summed E-state index contributed by atoms with van der Waals surface area (Å²) in [6, 6.07) is 9.63. The Balaban J connectivity index is 1.56. The van der Waals surface area contributed by atoms with Gasteiger partial charge >= 0.3 is 0 Å². The number of benzene rings is 1. The van der Waals surface area contributed by atoms with E-state index in [1.165, 1.54) is 0 Å². The maximum Gasteiger partial charge on any atom is 0.189 e. The minimum Gasteiger partial charge on any atom is -0.493 e. The van der Waals surface area contributed by atoms with Crippen LogP contribution in [0, 0.1) is 6.92 Å². The molecule has 0 radical (unpaired) electrons. The average molecular weight is 380 g/mol. The van der Waals surface area contributed by atoms with Crippen LogP contribution in [0.15, 0.2) is 53.9 Å². The van der Waals surface area contributed by atoms with Crippen molar-refractivity contribution in [2.75, 3.05) is 14.2 Å². The Kier molecular flexibility index (Phi) is 6.11. The normalized spacial score (nSPS) is 11.3. The molecule has 0 saturated heterocycles. The molecule has 0 aliphatic heterocycles. The fraction of sp³-hybridized carbons (Fsp3) is 0.250. The molecule has 3 N–H and O–H groups in total. The smallest absolute Gasteiger partial charge is 0.189 e. The third-order valence-corrected chi connectivity index (χ3v) is 4.24. The van der Waals surface area contributed by atoms with Gasteiger partial charge in [0.2, 0.25) is 0 Å². The van der Waals surface area contributed by atoms with Gasteiger partial charge in [-0.25, -0.2) is 15.0 Å². The monoisotopic (exact) mass is 380 g/mol. The first-order valence-corrected chi connectivity index (χ1v) is 8.80. The molecule has 0 aliphatic rings. The number of rotatable bonds is 7. The Bertz CT molecular complexity index is 950. The van der Waals surface area contributed by atoms with Gasteiger partial charge in [-0.15, -0.1) is 0 Å². The highest BCUT2D eigenvalue weighted by molar-refractivity contribution is 5.77. The van der Waals surface area contributed by atoms with E-state index in [9.17, 15) is 0 Å². The van der Waals surface area contributed by atoms with E-state index in [4.69, 9.17) is 15.2 Å². The van der Waals surface area contributed by atoms with Crippen LogP contribution in [0.1, 0.15) is 17.0 Å². The summed E-state index contributed by atoms with van der Waals surface area (Å²) in [6.07, 6.45) is 5.42. The van der Waals surface area contributed by atoms with Crippen molar-refractivity contribution in [1.82, 2.24) is 19.9 Å². The summed E-state index contributed by atoms with van der Waals surface area (Å²) in [4.78, 5) is 13.0. The fourth-order valence-electron chi connectivity index (χ4n) is 2.69. The molecule has 0 aliphatic carbocycles. The number of pyridine rings is 1. The fourth-order valence-corrected chi connectivity index (χ4v) is 2.69. The van der Waals surface area contributed by atoms with Gasteiger partial charge in [-0.1, -0.05) is 12.1 Å². The molecule has 0 spiro atoms. The maximum absolute atomic E-state index is 5.97. The van der Waals surface area contributed by atoms with E-state index in [1.54, 1.807) is 26.6 Å². The van der Waals surface area contributed by atoms with Crippen molar-refractivity contribution in [3.63, 3.8) is 0 Å². The van der Waals surface area contributed by atoms with Gasteiger partial charge in [0.05, 0.1) is 20.8 Å². The average Bonchev–Trinajstić information content (AvgIpc) is 3.16. The van der Waals surface area contributed by atoms with E-state index in [2.05, 4.69) is 20.3 Å². The second-order valence-electron chi connectivity index (χ2n) is 6.11. The number of nitrogens with one attached hydrogen (secondary N) is 1. The number of ether oxygens (including phenoxy) is 2. The van der Waals surface area contributed by atoms with Crippen LogP contribution < -0.4 is 20.5 Å². The molecule has 0 amide bonds. The highest BCUT2D eigenvalue weighted by atomic mass is 16.5. The molecule has 2 aromatic heterocycles. The number of aromatic nitrogens is 3. The van der Waals surface area contributed by atoms with Gasteiger partial charge in [-0.2, -0.15) is 0 Å². The number of nitrogens with two attached hydrogens (primary N) is 1. The lowest BCUT2D eigenvalue weighted by Crippen LogP contribution is -2.31. The number of aliphatic imine (C=N–C) groups is 1. The number of guanidine groups is 1. The van der Waals surface area contributed by atoms with Crippen molar-refractivity contribution >= 4 is 5.96 Å². The Labute approximate surface area is 164 Å². The van der Waals surface area contributed by atoms with Crippen molar-refractivity contribution in [3.8, 4) is 17.3 Å². The molecule has 0 saturated carbocycles. The molecule has 2 heterocycles. The molecular formula is C20H24N6O2. The van der Waals surface area contributed by atoms with Crippen LogP contribution in [-0.2, 0) is 13.1 Å². The molecule has 0 bridgehead atoms. The molecule has 8 nitrogen and oxygen atoms in total. The van der Waals surface area contributed by atoms with Gasteiger partial charge in [-0.05, 0) is 36.2 Å². The van der Waals surface area contributed by atoms with E-state index in [0.717, 1.165) is 22.8 Å². The van der Waals surface area contributed by atoms with Gasteiger partial charge < -0.3 is 20.5 Å². The van der Waals surface area contributed by atoms with Crippen molar-refractivity contribution in [3.05, 3.63) is 65.9 Å². The highest BCUT2D eigenvalue weighted by Crippen LogP contribution is 2.27. The summed E-state index contributed by atoms with van der Waals surface area (Å²) in [7, 11) is 3.22. The molecule has 28 heavy (non-hydrogen) atoms. The minimum atomic E-state index is 0.365. The quantitative estimate of drug-likeness (QED) is 0.481. The standard InChI is InChI=1S/C20H24N6O2/c1-14-22-8-9-26(14)19-7-5-16(12-23-19)13-25-20(21)24-11-15-4-6-17(27-2)18(10-15)28-3/h4-10,12H,11,13H2,1-3H3,(H3,21,24,25). The van der Waals surface area contributed by atoms with Gasteiger partial charge in [-0.3, -0.25) is 4.57 Å². The van der Waals surface area contributed by atoms with Gasteiger partial charge in [0.15, 0.2) is 17.5 Å². The second-order valence-corrected chi connectivity index (χ2v) is 6.11. The third-order valence-electron chi connectivity index (χ3n) is 4.24. The molecule has 8 heteroatoms. The van der Waals surface area contributed by atoms with E-state index in [0.29, 0.717) is 30.5 Å². The van der Waals surface area contributed by atoms with E-state index >= 15 is 0 Å². The maximum atomic E-state index is 5.97. The Morgan fingerprint density at radius 3 is 2.54 bits per heavy atom. The Morgan fingerprint density at radius 1 is 1.11 bits per heavy atom. The SMILES string of the molecule is COc1ccc(CNC(N)=NCc2ccc(-n3ccnc3C)nc2)cc1OC. The van der Waals surface area contributed by atoms with Gasteiger partial charge in [0.25, 0.3) is 0 Å². The van der Waals surface area contributed by atoms with E-state index < -0.39 is 0 Å². The second kappa shape index (κ2) is 8.90. The zero-order chi connectivity index (χ0) is 19.9. The lowest BCUT2D eigenvalue weighted by molar-refractivity contribution is 0.354. The highest BCUT2D eigenvalue weighted by Gasteiger charge is 2.05. The zero-order valence-corrected chi connectivity index (χ0v) is 16.2. The lowest BCUT2D eigenvalue weighted by atomic mass is 10.2. The first-order chi connectivity index (χ1) is 13.6. The van der Waals surface area contributed by atoms with Crippen molar-refractivity contribution in [1.29, 1.82) is 0 Å². The summed E-state index contributed by atoms with van der Waals surface area (Å²) >= 11 is 0. The van der Waals surface area contributed by atoms with Crippen LogP contribution in [0.2, 0.25) is 0 Å². The van der Waals surface area contributed by atoms with Crippen LogP contribution in [0.4, 0.5) is 0 Å². The van der Waals surface area contributed by atoms with Crippen LogP contribution in [-0.4, -0.2) is 34.7 Å². The number of methoxy groups -OCH3 is 2. The number of hydrogen-bond acceptors (Lipinski definition) is 5. The molecule has 3 aromatic rings. The van der Waals surface area contributed by atoms with E-state index in [-0.39, 0.29) is 0 Å². The molecule has 0 atom stereocenters. The summed E-state index contributed by atoms with van der Waals surface area (Å²) < 4.78 is 12.5. The molecule has 3 rings (SSSR count). The van der Waals surface area contributed by atoms with Crippen molar-refractivity contribution < 1.29 is 9.47 Å². The summed E-state index contributed by atoms with van der Waals surface area (Å²) in [5.41, 5.74) is 7.95. The predicted molar refractivity (Wildman–Crippen MR) is 108 cm³/mol. The summed E-state index contributed by atoms with van der Waals surface area (Å²) in [5.74, 6) is 3.44. The molecule has 0 fully saturated rings. The molecular weight excluding hydrogens is 356 g/mol. The lowest BCUT2D eigenvalue weighted by Gasteiger charge is -2.10. The van der Waals surface area contributed by atoms with Crippen molar-refractivity contribution in [2.45, 2.75) is 20.0 Å². The zero-order valence-electron chi connectivity index (χ0n) is 16.2. The van der Waals surface area contributed by atoms with Crippen LogP contribution >= 0.6 is 0 Å². The summed E-state index contributed by atoms with van der Waals surface area (Å²) in [5, 5.41) is 3.10. The van der Waals surface area contributed by atoms with Crippen molar-refractivity contribution in [2.24, 2.45) is 10.7 Å². The number of aryl methyl sites for hydroxylation is 1. The Morgan fingerprint density at radius 2 is 1.89 bits per heavy atom. The largest absolute Gasteiger partial charge is 0.493 e. The number of imidazole rings is 1. The topological polar surface area (TPSA) is 99.6 Å². The third kappa shape index (κ3) is 4.59. The number of hydrogen-bond donors (Lipinski definition) is 2. The first kappa shape index (κ1) is 19.2. The number of nitrogens with zero attached hydrogens (tertiary/aromatic N) is 4. The summed E-state index contributed by atoms with van der Waals surface area (Å²) in [6.45, 7) is 2.92. The van der Waals surface area contributed by atoms with Crippen LogP contribution in [0.3, 0.4) is 0 Å². The van der Waals surface area contributed by atoms with Gasteiger partial charge in [0.1, 0.15) is 11.6 Å². The molecule has 1 aromatic carbocycles. The van der Waals surface area contributed by atoms with Crippen LogP contribution in [0.5, 0.6) is 11.5 Å².